The molecule has 4 aliphatic heterocycles. The summed E-state index contributed by atoms with van der Waals surface area (Å²) in [6, 6.07) is 14.7. The second kappa shape index (κ2) is 21.8. The number of hydrogen-bond donors (Lipinski definition) is 6. The minimum absolute atomic E-state index is 0.00538. The Morgan fingerprint density at radius 1 is 0.923 bits per heavy atom. The van der Waals surface area contributed by atoms with Crippen molar-refractivity contribution in [3.63, 3.8) is 0 Å². The van der Waals surface area contributed by atoms with E-state index in [-0.39, 0.29) is 39.1 Å². The summed E-state index contributed by atoms with van der Waals surface area (Å²) in [5.41, 5.74) is 0.873. The molecule has 0 radical (unpaired) electrons. The number of amides is 2. The summed E-state index contributed by atoms with van der Waals surface area (Å²) in [5, 5.41) is 53.8. The number of aliphatic hydroxyl groups is 5. The van der Waals surface area contributed by atoms with Crippen molar-refractivity contribution in [2.45, 2.75) is 158 Å². The normalized spacial score (nSPS) is 32.0. The van der Waals surface area contributed by atoms with Crippen molar-refractivity contribution < 1.29 is 68.4 Å². The van der Waals surface area contributed by atoms with Gasteiger partial charge in [-0.15, -0.1) is 0 Å². The Balaban J connectivity index is 1.16. The van der Waals surface area contributed by atoms with E-state index in [1.54, 1.807) is 19.2 Å². The van der Waals surface area contributed by atoms with Crippen molar-refractivity contribution in [2.75, 3.05) is 33.4 Å². The van der Waals surface area contributed by atoms with E-state index in [2.05, 4.69) is 19.2 Å². The van der Waals surface area contributed by atoms with E-state index < -0.39 is 103 Å². The van der Waals surface area contributed by atoms with Gasteiger partial charge in [-0.2, -0.15) is 5.06 Å². The average Bonchev–Trinajstić information content (AvgIpc) is 3.87. The van der Waals surface area contributed by atoms with E-state index in [4.69, 9.17) is 28.5 Å². The topological polar surface area (TPSA) is 226 Å². The van der Waals surface area contributed by atoms with Crippen LogP contribution in [-0.4, -0.2) is 160 Å². The summed E-state index contributed by atoms with van der Waals surface area (Å²) < 4.78 is 31.2. The summed E-state index contributed by atoms with van der Waals surface area (Å²) in [6.07, 6.45) is 0.726. The zero-order valence-corrected chi connectivity index (χ0v) is 37.6. The maximum absolute atomic E-state index is 15.6. The van der Waals surface area contributed by atoms with Gasteiger partial charge in [0.15, 0.2) is 18.1 Å². The third-order valence-electron chi connectivity index (χ3n) is 13.6. The number of hydrogen-bond acceptors (Lipinski definition) is 15. The number of fused-ring (bicyclic) bond motifs is 4. The van der Waals surface area contributed by atoms with Gasteiger partial charge >= 0.3 is 5.97 Å². The monoisotopic (exact) mass is 909 g/mol. The van der Waals surface area contributed by atoms with Crippen molar-refractivity contribution >= 4 is 23.9 Å². The highest BCUT2D eigenvalue weighted by atomic mass is 16.8. The van der Waals surface area contributed by atoms with Crippen molar-refractivity contribution in [1.82, 2.24) is 15.3 Å². The van der Waals surface area contributed by atoms with Crippen molar-refractivity contribution in [3.05, 3.63) is 77.4 Å². The Bertz CT molecular complexity index is 1910. The number of nitrogens with zero attached hydrogens (tertiary/aromatic N) is 2. The highest BCUT2D eigenvalue weighted by Crippen LogP contribution is 2.58. The predicted molar refractivity (Wildman–Crippen MR) is 234 cm³/mol. The van der Waals surface area contributed by atoms with Crippen LogP contribution in [0.15, 0.2) is 60.7 Å². The summed E-state index contributed by atoms with van der Waals surface area (Å²) in [4.78, 5) is 52.2. The number of carbonyl (C=O) groups excluding carboxylic acids is 3. The molecule has 65 heavy (non-hydrogen) atoms. The van der Waals surface area contributed by atoms with Crippen LogP contribution in [0.1, 0.15) is 88.3 Å². The third-order valence-corrected chi connectivity index (χ3v) is 13.6. The molecule has 17 heteroatoms. The van der Waals surface area contributed by atoms with E-state index in [1.165, 1.54) is 9.96 Å². The lowest BCUT2D eigenvalue weighted by Crippen LogP contribution is -2.70. The summed E-state index contributed by atoms with van der Waals surface area (Å²) in [5.74, 6) is -2.45. The average molecular weight is 910 g/mol. The Labute approximate surface area is 380 Å². The maximum atomic E-state index is 15.6. The van der Waals surface area contributed by atoms with Gasteiger partial charge in [-0.3, -0.25) is 19.2 Å². The van der Waals surface area contributed by atoms with Crippen molar-refractivity contribution in [1.29, 1.82) is 0 Å². The molecule has 5 aliphatic rings. The molecule has 1 saturated carbocycles. The van der Waals surface area contributed by atoms with E-state index >= 15 is 4.79 Å². The summed E-state index contributed by atoms with van der Waals surface area (Å²) >= 11 is 0. The first-order chi connectivity index (χ1) is 31.4. The van der Waals surface area contributed by atoms with Gasteiger partial charge in [0.1, 0.15) is 60.3 Å². The fourth-order valence-electron chi connectivity index (χ4n) is 10.1. The van der Waals surface area contributed by atoms with Gasteiger partial charge in [0.05, 0.1) is 26.4 Å². The molecule has 2 aromatic rings. The number of rotatable bonds is 22. The first kappa shape index (κ1) is 49.1. The molecular formula is C48H67N3O14. The van der Waals surface area contributed by atoms with Crippen molar-refractivity contribution in [3.8, 4) is 0 Å². The number of benzene rings is 2. The fraction of sp³-hybridized carbons (Fsp3) is 0.646. The Morgan fingerprint density at radius 3 is 2.28 bits per heavy atom. The minimum atomic E-state index is -1.54. The third kappa shape index (κ3) is 10.4. The van der Waals surface area contributed by atoms with Crippen LogP contribution in [-0.2, 0) is 55.9 Å². The van der Waals surface area contributed by atoms with Crippen LogP contribution < -0.4 is 5.32 Å². The molecule has 0 spiro atoms. The van der Waals surface area contributed by atoms with Crippen LogP contribution in [0.25, 0.3) is 6.08 Å². The van der Waals surface area contributed by atoms with Crippen LogP contribution in [0.5, 0.6) is 0 Å². The van der Waals surface area contributed by atoms with Crippen LogP contribution in [0.4, 0.5) is 0 Å². The number of aliphatic hydroxyl groups excluding tert-OH is 5. The molecule has 6 N–H and O–H groups in total. The Hall–Kier alpha value is -3.85. The molecule has 4 heterocycles. The lowest BCUT2D eigenvalue weighted by molar-refractivity contribution is -0.298. The molecule has 12 atom stereocenters. The van der Waals surface area contributed by atoms with Crippen LogP contribution >= 0.6 is 0 Å². The zero-order chi connectivity index (χ0) is 46.3. The molecule has 17 nitrogen and oxygen atoms in total. The largest absolute Gasteiger partial charge is 0.458 e. The molecule has 5 fully saturated rings. The summed E-state index contributed by atoms with van der Waals surface area (Å²) in [7, 11) is 1.58. The van der Waals surface area contributed by atoms with E-state index in [0.717, 1.165) is 55.2 Å². The second-order valence-corrected chi connectivity index (χ2v) is 18.0. The molecule has 1 aliphatic carbocycles. The smallest absolute Gasteiger partial charge is 0.327 e. The molecule has 2 aromatic carbocycles. The second-order valence-electron chi connectivity index (χ2n) is 18.0. The molecule has 7 rings (SSSR count). The fourth-order valence-corrected chi connectivity index (χ4v) is 10.1. The Kier molecular flexibility index (Phi) is 16.5. The van der Waals surface area contributed by atoms with Gasteiger partial charge in [-0.1, -0.05) is 106 Å². The number of esters is 1. The number of unbranched alkanes of at least 4 members (excludes halogenated alkanes) is 4. The van der Waals surface area contributed by atoms with Gasteiger partial charge in [0.2, 0.25) is 11.8 Å². The molecule has 12 unspecified atom stereocenters. The number of ether oxygens (including phenoxy) is 5. The van der Waals surface area contributed by atoms with Gasteiger partial charge in [-0.05, 0) is 29.5 Å². The number of nitrogens with one attached hydrogen (secondary N) is 1. The van der Waals surface area contributed by atoms with E-state index in [9.17, 15) is 35.1 Å². The highest BCUT2D eigenvalue weighted by Gasteiger charge is 2.76. The molecule has 2 bridgehead atoms. The zero-order valence-electron chi connectivity index (χ0n) is 37.6. The van der Waals surface area contributed by atoms with Crippen LogP contribution in [0.3, 0.4) is 0 Å². The molecule has 0 aromatic heterocycles. The Morgan fingerprint density at radius 2 is 1.62 bits per heavy atom. The number of likely N-dealkylation sites (N-methyl/N-ethyl adjacent to an activating group) is 1. The lowest BCUT2D eigenvalue weighted by atomic mass is 9.62. The molecular weight excluding hydrogens is 843 g/mol. The lowest BCUT2D eigenvalue weighted by Gasteiger charge is -2.50. The number of carbonyl (C=O) groups is 3. The standard InChI is InChI=1S/C48H67N3O14/c1-4-6-11-21-47(22-12-7-5-2)63-39-34-27-48(46(59)50(3)33(43(57)49-23-24-52)26-31-14-9-8-10-15-31)41(44(58)61-34)51(65-42(48)40(39)64-47)28-32-19-17-30(18-20-32)16-13-25-60-45-38(56)37(55)36(54)35(29-53)62-45/h8-10,13-20,33-42,45,52-56H,4-7,11-12,21-29H2,1-3H3,(H,49,57). The van der Waals surface area contributed by atoms with E-state index in [0.29, 0.717) is 12.8 Å². The molecule has 4 saturated heterocycles. The quantitative estimate of drug-likeness (QED) is 0.0736. The first-order valence-electron chi connectivity index (χ1n) is 23.3. The van der Waals surface area contributed by atoms with Crippen LogP contribution in [0.2, 0.25) is 0 Å². The van der Waals surface area contributed by atoms with Crippen molar-refractivity contribution in [2.24, 2.45) is 5.41 Å². The SMILES string of the molecule is CCCCCC1(CCCCC)OC2C3CC4(C(=O)N(C)C(Cc5ccccc5)C(=O)NCCO)C(ON(Cc5ccc(C=CCOC6OC(CO)C(O)C(O)C6O)cc5)C4C(=O)O3)C2O1. The molecule has 358 valence electrons. The van der Waals surface area contributed by atoms with Crippen LogP contribution in [0, 0.1) is 5.41 Å². The maximum Gasteiger partial charge on any atom is 0.327 e. The van der Waals surface area contributed by atoms with Gasteiger partial charge in [-0.25, -0.2) is 0 Å². The predicted octanol–water partition coefficient (Wildman–Crippen LogP) is 2.14. The van der Waals surface area contributed by atoms with Gasteiger partial charge in [0, 0.05) is 39.3 Å². The number of hydroxylamine groups is 2. The van der Waals surface area contributed by atoms with Gasteiger partial charge in [0.25, 0.3) is 0 Å². The minimum Gasteiger partial charge on any atom is -0.458 e. The first-order valence-corrected chi connectivity index (χ1v) is 23.3. The molecule has 2 amide bonds. The highest BCUT2D eigenvalue weighted by molar-refractivity contribution is 5.96. The van der Waals surface area contributed by atoms with E-state index in [1.807, 2.05) is 54.6 Å². The van der Waals surface area contributed by atoms with Gasteiger partial charge < -0.3 is 59.4 Å². The summed E-state index contributed by atoms with van der Waals surface area (Å²) in [6.45, 7) is 3.54.